The Labute approximate surface area is 366 Å². The molecule has 0 amide bonds. The zero-order chi connectivity index (χ0) is 41.0. The molecular formula is C56H34N4S2. The molecule has 62 heavy (non-hydrogen) atoms. The highest BCUT2D eigenvalue weighted by molar-refractivity contribution is 7.26. The molecule has 0 unspecified atom stereocenters. The van der Waals surface area contributed by atoms with Gasteiger partial charge in [-0.15, -0.1) is 22.7 Å². The number of benzene rings is 9. The summed E-state index contributed by atoms with van der Waals surface area (Å²) in [7, 11) is 0. The van der Waals surface area contributed by atoms with Gasteiger partial charge in [-0.3, -0.25) is 0 Å². The molecule has 9 aromatic carbocycles. The molecule has 12 rings (SSSR count). The van der Waals surface area contributed by atoms with Gasteiger partial charge in [-0.05, 0) is 50.7 Å². The second-order valence-corrected chi connectivity index (χ2v) is 17.4. The van der Waals surface area contributed by atoms with Gasteiger partial charge in [0.2, 0.25) is 0 Å². The average molecular weight is 827 g/mol. The molecule has 0 aliphatic rings. The Bertz CT molecular complexity index is 3600. The smallest absolute Gasteiger partial charge is 0.164 e. The molecule has 4 nitrogen and oxygen atoms in total. The van der Waals surface area contributed by atoms with Crippen molar-refractivity contribution in [2.24, 2.45) is 0 Å². The lowest BCUT2D eigenvalue weighted by molar-refractivity contribution is 1.08. The van der Waals surface area contributed by atoms with Gasteiger partial charge in [-0.2, -0.15) is 0 Å². The van der Waals surface area contributed by atoms with Crippen LogP contribution in [0, 0.1) is 0 Å². The third-order valence-corrected chi connectivity index (χ3v) is 13.9. The first kappa shape index (κ1) is 36.2. The van der Waals surface area contributed by atoms with Gasteiger partial charge in [0.1, 0.15) is 5.01 Å². The van der Waals surface area contributed by atoms with Crippen molar-refractivity contribution in [3.05, 3.63) is 206 Å². The largest absolute Gasteiger partial charge is 0.236 e. The van der Waals surface area contributed by atoms with E-state index in [2.05, 4.69) is 182 Å². The summed E-state index contributed by atoms with van der Waals surface area (Å²) in [5.41, 5.74) is 12.0. The molecule has 3 heterocycles. The Hall–Kier alpha value is -7.64. The van der Waals surface area contributed by atoms with Gasteiger partial charge in [0.25, 0.3) is 0 Å². The van der Waals surface area contributed by atoms with E-state index in [1.165, 1.54) is 47.1 Å². The van der Waals surface area contributed by atoms with E-state index < -0.39 is 0 Å². The maximum absolute atomic E-state index is 5.33. The van der Waals surface area contributed by atoms with E-state index in [1.807, 2.05) is 35.6 Å². The van der Waals surface area contributed by atoms with Crippen LogP contribution in [0.5, 0.6) is 0 Å². The number of aromatic nitrogens is 4. The first-order chi connectivity index (χ1) is 30.7. The van der Waals surface area contributed by atoms with Crippen molar-refractivity contribution in [1.82, 2.24) is 19.9 Å². The van der Waals surface area contributed by atoms with Crippen molar-refractivity contribution >= 4 is 63.8 Å². The highest BCUT2D eigenvalue weighted by atomic mass is 32.1. The summed E-state index contributed by atoms with van der Waals surface area (Å²) < 4.78 is 3.67. The summed E-state index contributed by atoms with van der Waals surface area (Å²) in [6.07, 6.45) is 0. The topological polar surface area (TPSA) is 51.6 Å². The number of hydrogen-bond acceptors (Lipinski definition) is 6. The minimum absolute atomic E-state index is 0.631. The fourth-order valence-electron chi connectivity index (χ4n) is 8.59. The van der Waals surface area contributed by atoms with Crippen LogP contribution >= 0.6 is 22.7 Å². The molecule has 0 atom stereocenters. The van der Waals surface area contributed by atoms with Crippen molar-refractivity contribution in [2.45, 2.75) is 0 Å². The molecule has 0 N–H and O–H groups in total. The second-order valence-electron chi connectivity index (χ2n) is 15.4. The van der Waals surface area contributed by atoms with E-state index >= 15 is 0 Å². The number of thiazole rings is 1. The lowest BCUT2D eigenvalue weighted by Gasteiger charge is -2.14. The van der Waals surface area contributed by atoms with Crippen LogP contribution in [-0.2, 0) is 0 Å². The van der Waals surface area contributed by atoms with Gasteiger partial charge in [0.05, 0.1) is 10.2 Å². The Morgan fingerprint density at radius 1 is 0.306 bits per heavy atom. The Morgan fingerprint density at radius 3 is 1.42 bits per heavy atom. The van der Waals surface area contributed by atoms with Gasteiger partial charge in [-0.25, -0.2) is 19.9 Å². The van der Waals surface area contributed by atoms with Crippen LogP contribution in [0.15, 0.2) is 206 Å². The zero-order valence-electron chi connectivity index (χ0n) is 33.2. The molecule has 12 aromatic rings. The minimum Gasteiger partial charge on any atom is -0.236 e. The molecule has 6 heteroatoms. The first-order valence-electron chi connectivity index (χ1n) is 20.6. The molecular weight excluding hydrogens is 793 g/mol. The van der Waals surface area contributed by atoms with Crippen LogP contribution in [0.25, 0.3) is 119 Å². The van der Waals surface area contributed by atoms with Gasteiger partial charge in [0, 0.05) is 48.0 Å². The third kappa shape index (κ3) is 6.36. The fourth-order valence-corrected chi connectivity index (χ4v) is 10.9. The van der Waals surface area contributed by atoms with E-state index in [1.54, 1.807) is 11.3 Å². The van der Waals surface area contributed by atoms with Crippen LogP contribution in [0.1, 0.15) is 0 Å². The van der Waals surface area contributed by atoms with Gasteiger partial charge >= 0.3 is 0 Å². The van der Waals surface area contributed by atoms with Gasteiger partial charge in [0.15, 0.2) is 17.5 Å². The first-order valence-corrected chi connectivity index (χ1v) is 22.3. The fraction of sp³-hybridized carbons (Fsp3) is 0. The summed E-state index contributed by atoms with van der Waals surface area (Å²) >= 11 is 3.60. The third-order valence-electron chi connectivity index (χ3n) is 11.6. The van der Waals surface area contributed by atoms with Gasteiger partial charge in [-0.1, -0.05) is 194 Å². The van der Waals surface area contributed by atoms with E-state index in [-0.39, 0.29) is 0 Å². The zero-order valence-corrected chi connectivity index (χ0v) is 34.9. The number of rotatable bonds is 7. The SMILES string of the molecule is c1ccc(-c2ccc(-c3nc(-c4ccccc4)nc(-c4cccc5c(-c6c7sc(-c8ccc(-c9ccccc9)cc8)nc7cc7sc8ccccc8c67)cccc45)n3)cc2)cc1. The summed E-state index contributed by atoms with van der Waals surface area (Å²) in [5, 5.41) is 5.73. The van der Waals surface area contributed by atoms with Crippen LogP contribution < -0.4 is 0 Å². The minimum atomic E-state index is 0.631. The summed E-state index contributed by atoms with van der Waals surface area (Å²) in [6.45, 7) is 0. The Morgan fingerprint density at radius 2 is 0.774 bits per heavy atom. The van der Waals surface area contributed by atoms with Crippen LogP contribution in [0.2, 0.25) is 0 Å². The highest BCUT2D eigenvalue weighted by Gasteiger charge is 2.22. The lowest BCUT2D eigenvalue weighted by atomic mass is 9.92. The number of fused-ring (bicyclic) bond motifs is 5. The second kappa shape index (κ2) is 15.1. The average Bonchev–Trinajstić information content (AvgIpc) is 3.95. The summed E-state index contributed by atoms with van der Waals surface area (Å²) in [6, 6.07) is 72.6. The molecule has 0 aliphatic heterocycles. The Balaban J connectivity index is 1.04. The van der Waals surface area contributed by atoms with E-state index in [0.29, 0.717) is 17.5 Å². The molecule has 0 fully saturated rings. The van der Waals surface area contributed by atoms with Crippen molar-refractivity contribution in [3.8, 4) is 78.1 Å². The molecule has 0 aliphatic carbocycles. The number of hydrogen-bond donors (Lipinski definition) is 0. The number of thiophene rings is 1. The highest BCUT2D eigenvalue weighted by Crippen LogP contribution is 2.49. The van der Waals surface area contributed by atoms with Gasteiger partial charge < -0.3 is 0 Å². The van der Waals surface area contributed by atoms with Crippen molar-refractivity contribution in [1.29, 1.82) is 0 Å². The molecule has 0 spiro atoms. The summed E-state index contributed by atoms with van der Waals surface area (Å²) in [4.78, 5) is 20.8. The quantitative estimate of drug-likeness (QED) is 0.161. The molecule has 0 saturated carbocycles. The van der Waals surface area contributed by atoms with E-state index in [4.69, 9.17) is 19.9 Å². The van der Waals surface area contributed by atoms with Crippen LogP contribution in [0.4, 0.5) is 0 Å². The predicted molar refractivity (Wildman–Crippen MR) is 261 cm³/mol. The van der Waals surface area contributed by atoms with E-state index in [0.717, 1.165) is 54.7 Å². The van der Waals surface area contributed by atoms with Crippen molar-refractivity contribution in [2.75, 3.05) is 0 Å². The maximum Gasteiger partial charge on any atom is 0.164 e. The van der Waals surface area contributed by atoms with E-state index in [9.17, 15) is 0 Å². The molecule has 0 bridgehead atoms. The van der Waals surface area contributed by atoms with Crippen molar-refractivity contribution < 1.29 is 0 Å². The predicted octanol–water partition coefficient (Wildman–Crippen LogP) is 15.7. The van der Waals surface area contributed by atoms with Crippen LogP contribution in [0.3, 0.4) is 0 Å². The normalized spacial score (nSPS) is 11.5. The molecule has 290 valence electrons. The number of nitrogens with zero attached hydrogens (tertiary/aromatic N) is 4. The lowest BCUT2D eigenvalue weighted by Crippen LogP contribution is -2.00. The van der Waals surface area contributed by atoms with Crippen molar-refractivity contribution in [3.63, 3.8) is 0 Å². The summed E-state index contributed by atoms with van der Waals surface area (Å²) in [5.74, 6) is 1.90. The molecule has 3 aromatic heterocycles. The maximum atomic E-state index is 5.33. The molecule has 0 saturated heterocycles. The Kier molecular flexibility index (Phi) is 8.84. The monoisotopic (exact) mass is 826 g/mol. The standard InChI is InChI=1S/C56H34N4S2/c1-4-14-35(15-5-1)37-26-30-40(31-27-37)54-58-53(39-18-8-3-9-19-39)59-55(60-54)45-24-13-21-42-43(45)22-12-23-44(42)51-50-46-20-10-11-25-48(46)61-49(50)34-47-52(51)62-56(57-47)41-32-28-38(29-33-41)36-16-6-2-7-17-36/h1-34H. The van der Waals surface area contributed by atoms with Crippen LogP contribution in [-0.4, -0.2) is 19.9 Å². The molecule has 0 radical (unpaired) electrons.